The van der Waals surface area contributed by atoms with E-state index in [0.29, 0.717) is 16.4 Å². The van der Waals surface area contributed by atoms with Gasteiger partial charge < -0.3 is 14.9 Å². The highest BCUT2D eigenvalue weighted by molar-refractivity contribution is 7.98. The third kappa shape index (κ3) is 3.60. The maximum absolute atomic E-state index is 13.3. The first-order valence-corrected chi connectivity index (χ1v) is 6.24. The molecule has 1 aromatic carbocycles. The van der Waals surface area contributed by atoms with Gasteiger partial charge in [0.2, 0.25) is 0 Å². The average Bonchev–Trinajstić information content (AvgIpc) is 2.83. The van der Waals surface area contributed by atoms with Crippen LogP contribution in [0, 0.1) is 5.82 Å². The van der Waals surface area contributed by atoms with Crippen molar-refractivity contribution in [2.24, 2.45) is 0 Å². The second-order valence-electron chi connectivity index (χ2n) is 3.57. The molecule has 0 fully saturated rings. The van der Waals surface area contributed by atoms with Crippen molar-refractivity contribution in [3.05, 3.63) is 42.1 Å². The Morgan fingerprint density at radius 2 is 2.16 bits per heavy atom. The SMILES string of the molecule is Nc1cc(F)c(OC(F)F)cc1SCc1ccco1. The number of anilines is 1. The van der Waals surface area contributed by atoms with Crippen LogP contribution in [0.4, 0.5) is 18.9 Å². The Morgan fingerprint density at radius 3 is 2.79 bits per heavy atom. The molecular formula is C12H10F3NO2S. The number of ether oxygens (including phenoxy) is 1. The number of rotatable bonds is 5. The molecule has 0 saturated heterocycles. The molecule has 0 aliphatic carbocycles. The summed E-state index contributed by atoms with van der Waals surface area (Å²) in [6.45, 7) is -3.08. The highest BCUT2D eigenvalue weighted by atomic mass is 32.2. The number of benzene rings is 1. The fraction of sp³-hybridized carbons (Fsp3) is 0.167. The molecular weight excluding hydrogens is 279 g/mol. The summed E-state index contributed by atoms with van der Waals surface area (Å²) in [5.41, 5.74) is 5.79. The van der Waals surface area contributed by atoms with Crippen LogP contribution in [0.5, 0.6) is 5.75 Å². The molecule has 1 heterocycles. The van der Waals surface area contributed by atoms with Crippen LogP contribution in [0.15, 0.2) is 39.8 Å². The van der Waals surface area contributed by atoms with Gasteiger partial charge in [0.05, 0.1) is 12.0 Å². The summed E-state index contributed by atoms with van der Waals surface area (Å²) in [5, 5.41) is 0. The molecule has 0 saturated carbocycles. The average molecular weight is 289 g/mol. The zero-order valence-corrected chi connectivity index (χ0v) is 10.4. The summed E-state index contributed by atoms with van der Waals surface area (Å²) >= 11 is 1.24. The van der Waals surface area contributed by atoms with E-state index in [1.54, 1.807) is 12.1 Å². The van der Waals surface area contributed by atoms with E-state index < -0.39 is 18.2 Å². The van der Waals surface area contributed by atoms with Gasteiger partial charge in [-0.15, -0.1) is 11.8 Å². The van der Waals surface area contributed by atoms with Crippen molar-refractivity contribution in [3.8, 4) is 5.75 Å². The molecule has 102 valence electrons. The lowest BCUT2D eigenvalue weighted by Crippen LogP contribution is -2.04. The standard InChI is InChI=1S/C12H10F3NO2S/c13-8-4-9(16)11(5-10(8)18-12(14)15)19-6-7-2-1-3-17-7/h1-5,12H,6,16H2. The monoisotopic (exact) mass is 289 g/mol. The molecule has 0 amide bonds. The van der Waals surface area contributed by atoms with Gasteiger partial charge in [-0.2, -0.15) is 8.78 Å². The first kappa shape index (κ1) is 13.7. The van der Waals surface area contributed by atoms with Gasteiger partial charge in [-0.1, -0.05) is 0 Å². The number of hydrogen-bond donors (Lipinski definition) is 1. The molecule has 0 radical (unpaired) electrons. The van der Waals surface area contributed by atoms with Crippen LogP contribution < -0.4 is 10.5 Å². The highest BCUT2D eigenvalue weighted by Crippen LogP contribution is 2.34. The third-order valence-electron chi connectivity index (χ3n) is 2.23. The summed E-state index contributed by atoms with van der Waals surface area (Å²) in [4.78, 5) is 0.452. The van der Waals surface area contributed by atoms with E-state index in [9.17, 15) is 13.2 Å². The first-order chi connectivity index (χ1) is 9.06. The molecule has 7 heteroatoms. The number of furan rings is 1. The summed E-state index contributed by atoms with van der Waals surface area (Å²) in [5.74, 6) is -0.284. The van der Waals surface area contributed by atoms with Crippen molar-refractivity contribution >= 4 is 17.4 Å². The zero-order chi connectivity index (χ0) is 13.8. The molecule has 19 heavy (non-hydrogen) atoms. The van der Waals surface area contributed by atoms with Gasteiger partial charge in [0.1, 0.15) is 5.76 Å². The molecule has 0 bridgehead atoms. The van der Waals surface area contributed by atoms with Crippen LogP contribution in [0.1, 0.15) is 5.76 Å². The molecule has 0 atom stereocenters. The summed E-state index contributed by atoms with van der Waals surface area (Å²) in [6.07, 6.45) is 1.52. The van der Waals surface area contributed by atoms with Gasteiger partial charge >= 0.3 is 6.61 Å². The van der Waals surface area contributed by atoms with E-state index in [4.69, 9.17) is 10.2 Å². The molecule has 0 aliphatic heterocycles. The van der Waals surface area contributed by atoms with Crippen LogP contribution in [0.3, 0.4) is 0 Å². The lowest BCUT2D eigenvalue weighted by molar-refractivity contribution is -0.0523. The number of hydrogen-bond acceptors (Lipinski definition) is 4. The van der Waals surface area contributed by atoms with Gasteiger partial charge in [-0.05, 0) is 18.2 Å². The van der Waals surface area contributed by atoms with Gasteiger partial charge in [0.25, 0.3) is 0 Å². The normalized spacial score (nSPS) is 10.9. The van der Waals surface area contributed by atoms with Gasteiger partial charge in [0, 0.05) is 16.6 Å². The van der Waals surface area contributed by atoms with E-state index in [2.05, 4.69) is 4.74 Å². The number of nitrogens with two attached hydrogens (primary N) is 1. The predicted octanol–water partition coefficient (Wildman–Crippen LogP) is 3.89. The van der Waals surface area contributed by atoms with Crippen LogP contribution in [-0.2, 0) is 5.75 Å². The summed E-state index contributed by atoms with van der Waals surface area (Å²) in [7, 11) is 0. The lowest BCUT2D eigenvalue weighted by atomic mass is 10.3. The van der Waals surface area contributed by atoms with Gasteiger partial charge in [-0.25, -0.2) is 4.39 Å². The first-order valence-electron chi connectivity index (χ1n) is 5.25. The summed E-state index contributed by atoms with van der Waals surface area (Å²) in [6, 6.07) is 5.62. The topological polar surface area (TPSA) is 48.4 Å². The molecule has 2 aromatic rings. The molecule has 1 aromatic heterocycles. The second kappa shape index (κ2) is 5.92. The lowest BCUT2D eigenvalue weighted by Gasteiger charge is -2.10. The minimum atomic E-state index is -3.08. The van der Waals surface area contributed by atoms with E-state index in [0.717, 1.165) is 12.1 Å². The van der Waals surface area contributed by atoms with Crippen molar-refractivity contribution in [1.29, 1.82) is 0 Å². The Morgan fingerprint density at radius 1 is 1.37 bits per heavy atom. The Kier molecular flexibility index (Phi) is 4.26. The van der Waals surface area contributed by atoms with E-state index in [1.807, 2.05) is 0 Å². The Bertz CT molecular complexity index is 546. The van der Waals surface area contributed by atoms with E-state index in [1.165, 1.54) is 18.0 Å². The molecule has 2 rings (SSSR count). The van der Waals surface area contributed by atoms with E-state index in [-0.39, 0.29) is 5.69 Å². The Labute approximate surface area is 111 Å². The van der Waals surface area contributed by atoms with Crippen LogP contribution in [-0.4, -0.2) is 6.61 Å². The smallest absolute Gasteiger partial charge is 0.387 e. The van der Waals surface area contributed by atoms with E-state index >= 15 is 0 Å². The van der Waals surface area contributed by atoms with Crippen molar-refractivity contribution in [1.82, 2.24) is 0 Å². The predicted molar refractivity (Wildman–Crippen MR) is 65.7 cm³/mol. The van der Waals surface area contributed by atoms with Crippen LogP contribution in [0.2, 0.25) is 0 Å². The minimum Gasteiger partial charge on any atom is -0.468 e. The quantitative estimate of drug-likeness (QED) is 0.670. The van der Waals surface area contributed by atoms with Crippen LogP contribution in [0.25, 0.3) is 0 Å². The number of thioether (sulfide) groups is 1. The largest absolute Gasteiger partial charge is 0.468 e. The van der Waals surface area contributed by atoms with Crippen molar-refractivity contribution < 1.29 is 22.3 Å². The number of halogens is 3. The molecule has 0 spiro atoms. The van der Waals surface area contributed by atoms with Crippen molar-refractivity contribution in [2.75, 3.05) is 5.73 Å². The van der Waals surface area contributed by atoms with Crippen molar-refractivity contribution in [3.63, 3.8) is 0 Å². The summed E-state index contributed by atoms with van der Waals surface area (Å²) < 4.78 is 46.7. The van der Waals surface area contributed by atoms with Gasteiger partial charge in [-0.3, -0.25) is 0 Å². The Hall–Kier alpha value is -1.76. The highest BCUT2D eigenvalue weighted by Gasteiger charge is 2.14. The third-order valence-corrected chi connectivity index (χ3v) is 3.32. The maximum atomic E-state index is 13.3. The number of alkyl halides is 2. The van der Waals surface area contributed by atoms with Crippen LogP contribution >= 0.6 is 11.8 Å². The second-order valence-corrected chi connectivity index (χ2v) is 4.58. The zero-order valence-electron chi connectivity index (χ0n) is 9.61. The Balaban J connectivity index is 2.15. The maximum Gasteiger partial charge on any atom is 0.387 e. The molecule has 0 aliphatic rings. The fourth-order valence-electron chi connectivity index (χ4n) is 1.41. The number of nitrogen functional groups attached to an aromatic ring is 1. The molecule has 3 nitrogen and oxygen atoms in total. The molecule has 0 unspecified atom stereocenters. The van der Waals surface area contributed by atoms with Gasteiger partial charge in [0.15, 0.2) is 11.6 Å². The minimum absolute atomic E-state index is 0.163. The fourth-order valence-corrected chi connectivity index (χ4v) is 2.28. The molecule has 2 N–H and O–H groups in total. The van der Waals surface area contributed by atoms with Crippen molar-refractivity contribution in [2.45, 2.75) is 17.3 Å².